The first-order valence-corrected chi connectivity index (χ1v) is 7.58. The number of thioether (sulfide) groups is 1. The summed E-state index contributed by atoms with van der Waals surface area (Å²) in [4.78, 5) is 24.5. The van der Waals surface area contributed by atoms with Crippen molar-refractivity contribution in [1.29, 1.82) is 0 Å². The molecule has 4 N–H and O–H groups in total. The highest BCUT2D eigenvalue weighted by Gasteiger charge is 2.27. The first-order chi connectivity index (χ1) is 9.42. The maximum atomic E-state index is 12.1. The fourth-order valence-corrected chi connectivity index (χ4v) is 2.86. The molecule has 7 heteroatoms. The molecule has 2 amide bonds. The van der Waals surface area contributed by atoms with Crippen LogP contribution in [0.25, 0.3) is 0 Å². The molecule has 1 aromatic carbocycles. The van der Waals surface area contributed by atoms with Crippen LogP contribution in [0, 0.1) is 0 Å². The van der Waals surface area contributed by atoms with E-state index in [1.165, 1.54) is 11.8 Å². The largest absolute Gasteiger partial charge is 0.324 e. The smallest absolute Gasteiger partial charge is 0.244 e. The van der Waals surface area contributed by atoms with Gasteiger partial charge in [0.25, 0.3) is 0 Å². The molecule has 2 rings (SSSR count). The molecule has 1 atom stereocenters. The fraction of sp³-hybridized carbons (Fsp3) is 0.429. The number of rotatable bonds is 4. The zero-order valence-electron chi connectivity index (χ0n) is 12.1. The second-order valence-electron chi connectivity index (χ2n) is 5.17. The number of carbonyl (C=O) groups excluding carboxylic acids is 2. The average Bonchev–Trinajstić information content (AvgIpc) is 2.38. The Hall–Kier alpha value is -1.24. The molecule has 0 saturated heterocycles. The maximum Gasteiger partial charge on any atom is 0.244 e. The first kappa shape index (κ1) is 17.8. The zero-order chi connectivity index (χ0) is 14.8. The molecule has 116 valence electrons. The third-order valence-corrected chi connectivity index (χ3v) is 4.23. The number of halogens is 1. The van der Waals surface area contributed by atoms with Gasteiger partial charge in [-0.3, -0.25) is 9.59 Å². The normalized spacial score (nSPS) is 16.0. The quantitative estimate of drug-likeness (QED) is 0.792. The monoisotopic (exact) mass is 329 g/mol. The second-order valence-corrected chi connectivity index (χ2v) is 6.19. The Morgan fingerprint density at radius 2 is 2.24 bits per heavy atom. The Labute approximate surface area is 134 Å². The van der Waals surface area contributed by atoms with Gasteiger partial charge in [-0.2, -0.15) is 0 Å². The van der Waals surface area contributed by atoms with Gasteiger partial charge in [0.2, 0.25) is 11.8 Å². The number of fused-ring (bicyclic) bond motifs is 1. The number of anilines is 2. The number of hydrogen-bond acceptors (Lipinski definition) is 4. The van der Waals surface area contributed by atoms with Crippen molar-refractivity contribution in [1.82, 2.24) is 0 Å². The molecule has 0 spiro atoms. The van der Waals surface area contributed by atoms with Crippen LogP contribution in [0.4, 0.5) is 11.4 Å². The van der Waals surface area contributed by atoms with Crippen molar-refractivity contribution in [3.8, 4) is 0 Å². The second kappa shape index (κ2) is 7.15. The van der Waals surface area contributed by atoms with Crippen LogP contribution in [0.1, 0.15) is 26.7 Å². The molecule has 1 aliphatic rings. The van der Waals surface area contributed by atoms with Gasteiger partial charge >= 0.3 is 0 Å². The van der Waals surface area contributed by atoms with E-state index in [4.69, 9.17) is 5.73 Å². The van der Waals surface area contributed by atoms with Gasteiger partial charge in [0, 0.05) is 10.6 Å². The van der Waals surface area contributed by atoms with Gasteiger partial charge in [-0.1, -0.05) is 13.3 Å². The SMILES string of the molecule is CCCC(C)(N)C(=O)Nc1ccc2c(c1)NC(=O)CS2.Cl. The number of amides is 2. The van der Waals surface area contributed by atoms with Crippen LogP contribution >= 0.6 is 24.2 Å². The van der Waals surface area contributed by atoms with E-state index in [1.807, 2.05) is 19.1 Å². The number of hydrogen-bond donors (Lipinski definition) is 3. The van der Waals surface area contributed by atoms with E-state index in [0.29, 0.717) is 17.9 Å². The van der Waals surface area contributed by atoms with Crippen molar-refractivity contribution in [2.24, 2.45) is 5.73 Å². The van der Waals surface area contributed by atoms with Crippen molar-refractivity contribution in [2.45, 2.75) is 37.1 Å². The molecule has 1 heterocycles. The first-order valence-electron chi connectivity index (χ1n) is 6.59. The van der Waals surface area contributed by atoms with E-state index < -0.39 is 5.54 Å². The summed E-state index contributed by atoms with van der Waals surface area (Å²) in [6.07, 6.45) is 1.47. The van der Waals surface area contributed by atoms with Gasteiger partial charge in [-0.25, -0.2) is 0 Å². The van der Waals surface area contributed by atoms with Gasteiger partial charge in [0.1, 0.15) is 0 Å². The fourth-order valence-electron chi connectivity index (χ4n) is 2.07. The minimum Gasteiger partial charge on any atom is -0.324 e. The summed E-state index contributed by atoms with van der Waals surface area (Å²) in [6, 6.07) is 5.48. The van der Waals surface area contributed by atoms with Gasteiger partial charge in [-0.05, 0) is 31.5 Å². The van der Waals surface area contributed by atoms with Gasteiger partial charge < -0.3 is 16.4 Å². The summed E-state index contributed by atoms with van der Waals surface area (Å²) in [7, 11) is 0. The minimum atomic E-state index is -0.886. The van der Waals surface area contributed by atoms with E-state index in [1.54, 1.807) is 13.0 Å². The molecule has 1 aromatic rings. The lowest BCUT2D eigenvalue weighted by molar-refractivity contribution is -0.120. The molecular weight excluding hydrogens is 310 g/mol. The number of benzene rings is 1. The van der Waals surface area contributed by atoms with E-state index in [9.17, 15) is 9.59 Å². The van der Waals surface area contributed by atoms with Crippen molar-refractivity contribution >= 4 is 47.4 Å². The van der Waals surface area contributed by atoms with Gasteiger partial charge in [-0.15, -0.1) is 24.2 Å². The number of nitrogens with two attached hydrogens (primary N) is 1. The lowest BCUT2D eigenvalue weighted by Crippen LogP contribution is -2.48. The molecular formula is C14H20ClN3O2S. The summed E-state index contributed by atoms with van der Waals surface area (Å²) in [6.45, 7) is 3.71. The van der Waals surface area contributed by atoms with E-state index in [2.05, 4.69) is 10.6 Å². The zero-order valence-corrected chi connectivity index (χ0v) is 13.7. The molecule has 0 aromatic heterocycles. The van der Waals surface area contributed by atoms with Crippen molar-refractivity contribution in [3.05, 3.63) is 18.2 Å². The molecule has 0 fully saturated rings. The third kappa shape index (κ3) is 4.36. The predicted octanol–water partition coefficient (Wildman–Crippen LogP) is 2.61. The molecule has 1 unspecified atom stereocenters. The summed E-state index contributed by atoms with van der Waals surface area (Å²) >= 11 is 1.49. The highest BCUT2D eigenvalue weighted by molar-refractivity contribution is 8.00. The Kier molecular flexibility index (Phi) is 6.07. The molecule has 0 bridgehead atoms. The van der Waals surface area contributed by atoms with Gasteiger partial charge in [0.05, 0.1) is 17.0 Å². The van der Waals surface area contributed by atoms with Crippen LogP contribution < -0.4 is 16.4 Å². The lowest BCUT2D eigenvalue weighted by atomic mass is 9.96. The lowest BCUT2D eigenvalue weighted by Gasteiger charge is -2.23. The Morgan fingerprint density at radius 1 is 1.52 bits per heavy atom. The summed E-state index contributed by atoms with van der Waals surface area (Å²) in [5.74, 6) is 0.186. The van der Waals surface area contributed by atoms with Crippen molar-refractivity contribution in [3.63, 3.8) is 0 Å². The summed E-state index contributed by atoms with van der Waals surface area (Å²) in [5, 5.41) is 5.60. The molecule has 0 saturated carbocycles. The summed E-state index contributed by atoms with van der Waals surface area (Å²) in [5.41, 5.74) is 6.48. The van der Waals surface area contributed by atoms with Crippen molar-refractivity contribution < 1.29 is 9.59 Å². The predicted molar refractivity (Wildman–Crippen MR) is 89.2 cm³/mol. The van der Waals surface area contributed by atoms with E-state index in [-0.39, 0.29) is 24.2 Å². The van der Waals surface area contributed by atoms with Crippen LogP contribution in [0.5, 0.6) is 0 Å². The van der Waals surface area contributed by atoms with Crippen LogP contribution in [0.2, 0.25) is 0 Å². The van der Waals surface area contributed by atoms with Gasteiger partial charge in [0.15, 0.2) is 0 Å². The molecule has 1 aliphatic heterocycles. The van der Waals surface area contributed by atoms with Crippen LogP contribution in [0.3, 0.4) is 0 Å². The van der Waals surface area contributed by atoms with E-state index in [0.717, 1.165) is 17.0 Å². The highest BCUT2D eigenvalue weighted by Crippen LogP contribution is 2.33. The highest BCUT2D eigenvalue weighted by atomic mass is 35.5. The molecule has 0 aliphatic carbocycles. The Bertz CT molecular complexity index is 549. The maximum absolute atomic E-state index is 12.1. The Balaban J connectivity index is 0.00000220. The number of nitrogens with one attached hydrogen (secondary N) is 2. The standard InChI is InChI=1S/C14H19N3O2S.ClH/c1-3-6-14(2,15)13(19)16-9-4-5-11-10(7-9)17-12(18)8-20-11;/h4-5,7H,3,6,8,15H2,1-2H3,(H,16,19)(H,17,18);1H. The van der Waals surface area contributed by atoms with Crippen molar-refractivity contribution in [2.75, 3.05) is 16.4 Å². The van der Waals surface area contributed by atoms with Crippen LogP contribution in [-0.2, 0) is 9.59 Å². The van der Waals surface area contributed by atoms with E-state index >= 15 is 0 Å². The Morgan fingerprint density at radius 3 is 2.90 bits per heavy atom. The molecule has 21 heavy (non-hydrogen) atoms. The summed E-state index contributed by atoms with van der Waals surface area (Å²) < 4.78 is 0. The topological polar surface area (TPSA) is 84.2 Å². The van der Waals surface area contributed by atoms with Crippen LogP contribution in [0.15, 0.2) is 23.1 Å². The minimum absolute atomic E-state index is 0. The van der Waals surface area contributed by atoms with Crippen LogP contribution in [-0.4, -0.2) is 23.1 Å². The average molecular weight is 330 g/mol. The molecule has 5 nitrogen and oxygen atoms in total. The third-order valence-electron chi connectivity index (χ3n) is 3.16. The molecule has 0 radical (unpaired) electrons. The number of carbonyl (C=O) groups is 2.